The molecule has 0 aliphatic rings. The molecule has 0 N–H and O–H groups in total. The van der Waals surface area contributed by atoms with Crippen molar-refractivity contribution in [1.82, 2.24) is 0 Å². The number of hydrogen-bond donors (Lipinski definition) is 0. The van der Waals surface area contributed by atoms with Crippen LogP contribution in [-0.2, 0) is 19.1 Å². The monoisotopic (exact) mass is 591 g/mol. The Hall–Kier alpha value is -1.58. The van der Waals surface area contributed by atoms with Crippen LogP contribution in [0.2, 0.25) is 0 Å². The first kappa shape index (κ1) is 40.4. The standard InChI is InChI=1S/C38H70O4/c1-3-5-7-9-11-21-25-29-33-37(39)41-35-31-27-23-19-17-15-13-14-16-18-20-24-28-32-36-42-38(40)34-30-26-22-12-10-8-6-4-2/h3-4H,1-2,5-36H2. The van der Waals surface area contributed by atoms with Crippen LogP contribution in [0.1, 0.15) is 193 Å². The van der Waals surface area contributed by atoms with Crippen molar-refractivity contribution < 1.29 is 19.1 Å². The second-order valence-electron chi connectivity index (χ2n) is 12.3. The summed E-state index contributed by atoms with van der Waals surface area (Å²) < 4.78 is 10.8. The van der Waals surface area contributed by atoms with E-state index in [0.29, 0.717) is 26.1 Å². The van der Waals surface area contributed by atoms with Crippen molar-refractivity contribution in [2.75, 3.05) is 13.2 Å². The molecule has 0 spiro atoms. The van der Waals surface area contributed by atoms with Gasteiger partial charge in [-0.25, -0.2) is 0 Å². The predicted molar refractivity (Wildman–Crippen MR) is 181 cm³/mol. The first-order chi connectivity index (χ1) is 20.7. The van der Waals surface area contributed by atoms with Crippen molar-refractivity contribution in [3.8, 4) is 0 Å². The van der Waals surface area contributed by atoms with Gasteiger partial charge in [0.25, 0.3) is 0 Å². The highest BCUT2D eigenvalue weighted by Gasteiger charge is 2.04. The number of esters is 2. The average Bonchev–Trinajstić information content (AvgIpc) is 2.99. The molecule has 0 bridgehead atoms. The van der Waals surface area contributed by atoms with Gasteiger partial charge in [0.05, 0.1) is 13.2 Å². The zero-order valence-electron chi connectivity index (χ0n) is 27.8. The molecule has 0 aromatic heterocycles. The smallest absolute Gasteiger partial charge is 0.305 e. The fraction of sp³-hybridized carbons (Fsp3) is 0.842. The third-order valence-electron chi connectivity index (χ3n) is 8.14. The van der Waals surface area contributed by atoms with Gasteiger partial charge in [0.1, 0.15) is 0 Å². The molecule has 0 atom stereocenters. The maximum Gasteiger partial charge on any atom is 0.305 e. The molecule has 0 saturated carbocycles. The van der Waals surface area contributed by atoms with Gasteiger partial charge in [0.2, 0.25) is 0 Å². The summed E-state index contributed by atoms with van der Waals surface area (Å²) in [5.74, 6) is -0.0187. The van der Waals surface area contributed by atoms with Crippen LogP contribution in [0.25, 0.3) is 0 Å². The fourth-order valence-electron chi connectivity index (χ4n) is 5.37. The fourth-order valence-corrected chi connectivity index (χ4v) is 5.37. The molecule has 0 aromatic carbocycles. The van der Waals surface area contributed by atoms with Crippen LogP contribution in [0, 0.1) is 0 Å². The largest absolute Gasteiger partial charge is 0.466 e. The number of hydrogen-bond acceptors (Lipinski definition) is 4. The quantitative estimate of drug-likeness (QED) is 0.0418. The molecule has 246 valence electrons. The Bertz CT molecular complexity index is 548. The van der Waals surface area contributed by atoms with Gasteiger partial charge < -0.3 is 9.47 Å². The predicted octanol–water partition coefficient (Wildman–Crippen LogP) is 12.1. The van der Waals surface area contributed by atoms with Crippen molar-refractivity contribution in [1.29, 1.82) is 0 Å². The van der Waals surface area contributed by atoms with Crippen LogP contribution in [0.5, 0.6) is 0 Å². The van der Waals surface area contributed by atoms with Gasteiger partial charge in [-0.2, -0.15) is 0 Å². The normalized spacial score (nSPS) is 11.0. The van der Waals surface area contributed by atoms with E-state index in [1.54, 1.807) is 0 Å². The molecule has 0 aliphatic carbocycles. The maximum absolute atomic E-state index is 11.8. The minimum atomic E-state index is -0.00934. The molecule has 42 heavy (non-hydrogen) atoms. The average molecular weight is 591 g/mol. The van der Waals surface area contributed by atoms with E-state index in [1.807, 2.05) is 12.2 Å². The molecule has 0 saturated heterocycles. The van der Waals surface area contributed by atoms with Crippen molar-refractivity contribution >= 4 is 11.9 Å². The van der Waals surface area contributed by atoms with Crippen LogP contribution in [-0.4, -0.2) is 25.2 Å². The summed E-state index contributed by atoms with van der Waals surface area (Å²) in [5.41, 5.74) is 0. The molecular formula is C38H70O4. The minimum Gasteiger partial charge on any atom is -0.466 e. The van der Waals surface area contributed by atoms with E-state index in [4.69, 9.17) is 9.47 Å². The van der Waals surface area contributed by atoms with Gasteiger partial charge >= 0.3 is 11.9 Å². The Morgan fingerprint density at radius 3 is 0.881 bits per heavy atom. The first-order valence-electron chi connectivity index (χ1n) is 18.2. The van der Waals surface area contributed by atoms with Crippen molar-refractivity contribution in [3.05, 3.63) is 25.3 Å². The summed E-state index contributed by atoms with van der Waals surface area (Å²) in [7, 11) is 0. The molecule has 4 heteroatoms. The number of carbonyl (C=O) groups is 2. The molecule has 0 amide bonds. The molecule has 0 rings (SSSR count). The first-order valence-corrected chi connectivity index (χ1v) is 18.2. The number of unbranched alkanes of at least 4 members (excludes halogenated alkanes) is 25. The van der Waals surface area contributed by atoms with Crippen molar-refractivity contribution in [2.24, 2.45) is 0 Å². The molecule has 0 aromatic rings. The van der Waals surface area contributed by atoms with Gasteiger partial charge in [0, 0.05) is 12.8 Å². The Labute approximate surface area is 261 Å². The molecular weight excluding hydrogens is 520 g/mol. The van der Waals surface area contributed by atoms with Gasteiger partial charge in [-0.15, -0.1) is 13.2 Å². The zero-order chi connectivity index (χ0) is 30.6. The molecule has 0 aliphatic heterocycles. The Balaban J connectivity index is 3.19. The summed E-state index contributed by atoms with van der Waals surface area (Å²) in [6.45, 7) is 8.71. The maximum atomic E-state index is 11.8. The summed E-state index contributed by atoms with van der Waals surface area (Å²) in [4.78, 5) is 23.6. The number of rotatable bonds is 35. The van der Waals surface area contributed by atoms with Gasteiger partial charge in [0.15, 0.2) is 0 Å². The lowest BCUT2D eigenvalue weighted by molar-refractivity contribution is -0.144. The van der Waals surface area contributed by atoms with Crippen LogP contribution in [0.15, 0.2) is 25.3 Å². The third-order valence-corrected chi connectivity index (χ3v) is 8.14. The third kappa shape index (κ3) is 34.6. The van der Waals surface area contributed by atoms with Crippen LogP contribution >= 0.6 is 0 Å². The highest BCUT2D eigenvalue weighted by molar-refractivity contribution is 5.69. The molecule has 0 radical (unpaired) electrons. The second-order valence-corrected chi connectivity index (χ2v) is 12.3. The lowest BCUT2D eigenvalue weighted by atomic mass is 10.0. The Kier molecular flexibility index (Phi) is 34.3. The van der Waals surface area contributed by atoms with Crippen molar-refractivity contribution in [2.45, 2.75) is 193 Å². The van der Waals surface area contributed by atoms with E-state index in [0.717, 1.165) is 51.4 Å². The SMILES string of the molecule is C=CCCCCCCCCC(=O)OCCCCCCCCCCCCCCCCOC(=O)CCCCCCCCC=C. The highest BCUT2D eigenvalue weighted by Crippen LogP contribution is 2.14. The number of allylic oxidation sites excluding steroid dienone is 2. The lowest BCUT2D eigenvalue weighted by Crippen LogP contribution is -2.05. The molecule has 0 heterocycles. The van der Waals surface area contributed by atoms with Crippen LogP contribution in [0.3, 0.4) is 0 Å². The van der Waals surface area contributed by atoms with Crippen molar-refractivity contribution in [3.63, 3.8) is 0 Å². The minimum absolute atomic E-state index is 0.00934. The van der Waals surface area contributed by atoms with Gasteiger partial charge in [-0.3, -0.25) is 9.59 Å². The summed E-state index contributed by atoms with van der Waals surface area (Å²) in [6.07, 6.45) is 39.2. The van der Waals surface area contributed by atoms with Gasteiger partial charge in [-0.1, -0.05) is 141 Å². The zero-order valence-corrected chi connectivity index (χ0v) is 27.8. The highest BCUT2D eigenvalue weighted by atomic mass is 16.5. The van der Waals surface area contributed by atoms with Gasteiger partial charge in [-0.05, 0) is 51.4 Å². The second kappa shape index (κ2) is 35.6. The van der Waals surface area contributed by atoms with E-state index in [2.05, 4.69) is 13.2 Å². The van der Waals surface area contributed by atoms with E-state index in [1.165, 1.54) is 128 Å². The molecule has 0 fully saturated rings. The van der Waals surface area contributed by atoms with E-state index in [9.17, 15) is 9.59 Å². The Morgan fingerprint density at radius 1 is 0.357 bits per heavy atom. The van der Waals surface area contributed by atoms with E-state index in [-0.39, 0.29) is 11.9 Å². The number of carbonyl (C=O) groups excluding carboxylic acids is 2. The topological polar surface area (TPSA) is 52.6 Å². The number of ether oxygens (including phenoxy) is 2. The molecule has 0 unspecified atom stereocenters. The van der Waals surface area contributed by atoms with Crippen LogP contribution in [0.4, 0.5) is 0 Å². The van der Waals surface area contributed by atoms with E-state index >= 15 is 0 Å². The van der Waals surface area contributed by atoms with E-state index < -0.39 is 0 Å². The molecule has 4 nitrogen and oxygen atoms in total. The Morgan fingerprint density at radius 2 is 0.595 bits per heavy atom. The summed E-state index contributed by atoms with van der Waals surface area (Å²) >= 11 is 0. The van der Waals surface area contributed by atoms with Crippen LogP contribution < -0.4 is 0 Å². The summed E-state index contributed by atoms with van der Waals surface area (Å²) in [5, 5.41) is 0. The summed E-state index contributed by atoms with van der Waals surface area (Å²) in [6, 6.07) is 0. The lowest BCUT2D eigenvalue weighted by Gasteiger charge is -2.06.